The summed E-state index contributed by atoms with van der Waals surface area (Å²) >= 11 is 0. The standard InChI is InChI=1S/C28H34F3N5O7S/c1-6-35-15-24(25(34-35)41-7-2)44(39,40)36-16(3)22(11-9-21(37)19-12-17(19)14-32)42-23-10-8-18(13-20(23)36)33-26(38)43-27(4,5)28(29,30)31/h8,10,13,15-17,19,22H,6-7,9,11-12H2,1-5H3,(H,33,38)/t16-,17-,19-,22+/m1/s1. The van der Waals surface area contributed by atoms with Crippen molar-refractivity contribution in [1.82, 2.24) is 9.78 Å². The average molecular weight is 642 g/mol. The topological polar surface area (TPSA) is 153 Å². The lowest BCUT2D eigenvalue weighted by Crippen LogP contribution is -2.51. The molecule has 0 unspecified atom stereocenters. The van der Waals surface area contributed by atoms with E-state index in [-0.39, 0.29) is 65.0 Å². The van der Waals surface area contributed by atoms with E-state index in [9.17, 15) is 31.2 Å². The number of carbonyl (C=O) groups is 2. The molecule has 2 heterocycles. The maximum atomic E-state index is 14.3. The van der Waals surface area contributed by atoms with Gasteiger partial charge in [0, 0.05) is 30.8 Å². The summed E-state index contributed by atoms with van der Waals surface area (Å²) in [5.41, 5.74) is -2.85. The van der Waals surface area contributed by atoms with Gasteiger partial charge in [-0.05, 0) is 65.7 Å². The van der Waals surface area contributed by atoms with Gasteiger partial charge in [0.15, 0.2) is 4.90 Å². The Hall–Kier alpha value is -4.00. The highest BCUT2D eigenvalue weighted by atomic mass is 32.2. The van der Waals surface area contributed by atoms with Gasteiger partial charge in [0.25, 0.3) is 15.9 Å². The minimum absolute atomic E-state index is 0.00797. The van der Waals surface area contributed by atoms with Gasteiger partial charge in [0.1, 0.15) is 17.6 Å². The molecule has 2 aromatic rings. The first kappa shape index (κ1) is 32.9. The second-order valence-electron chi connectivity index (χ2n) is 11.1. The van der Waals surface area contributed by atoms with Gasteiger partial charge in [-0.2, -0.15) is 18.4 Å². The molecule has 16 heteroatoms. The fourth-order valence-corrected chi connectivity index (χ4v) is 6.57. The van der Waals surface area contributed by atoms with Gasteiger partial charge < -0.3 is 14.2 Å². The number of hydrogen-bond acceptors (Lipinski definition) is 9. The number of sulfonamides is 1. The van der Waals surface area contributed by atoms with E-state index >= 15 is 0 Å². The van der Waals surface area contributed by atoms with Crippen molar-refractivity contribution in [2.45, 2.75) is 89.2 Å². The molecule has 1 fully saturated rings. The highest BCUT2D eigenvalue weighted by Gasteiger charge is 2.51. The molecule has 1 aromatic heterocycles. The fourth-order valence-electron chi connectivity index (χ4n) is 4.81. The molecular weight excluding hydrogens is 607 g/mol. The number of fused-ring (bicyclic) bond motifs is 1. The first-order chi connectivity index (χ1) is 20.5. The van der Waals surface area contributed by atoms with Crippen LogP contribution in [0.4, 0.5) is 29.3 Å². The number of nitrogens with zero attached hydrogens (tertiary/aromatic N) is 4. The third-order valence-electron chi connectivity index (χ3n) is 7.54. The Morgan fingerprint density at radius 3 is 2.55 bits per heavy atom. The molecule has 1 aromatic carbocycles. The molecule has 1 aliphatic carbocycles. The average Bonchev–Trinajstić information content (AvgIpc) is 3.61. The van der Waals surface area contributed by atoms with Crippen molar-refractivity contribution < 1.29 is 45.4 Å². The van der Waals surface area contributed by atoms with Crippen LogP contribution >= 0.6 is 0 Å². The van der Waals surface area contributed by atoms with E-state index in [1.165, 1.54) is 29.1 Å². The smallest absolute Gasteiger partial charge is 0.427 e. The molecule has 0 spiro atoms. The maximum Gasteiger partial charge on any atom is 0.427 e. The molecule has 1 saturated carbocycles. The number of rotatable bonds is 11. The summed E-state index contributed by atoms with van der Waals surface area (Å²) < 4.78 is 87.1. The number of hydrogen-bond donors (Lipinski definition) is 1. The number of aryl methyl sites for hydroxylation is 1. The fraction of sp³-hybridized carbons (Fsp3) is 0.571. The van der Waals surface area contributed by atoms with E-state index in [0.29, 0.717) is 26.8 Å². The summed E-state index contributed by atoms with van der Waals surface area (Å²) in [7, 11) is -4.42. The van der Waals surface area contributed by atoms with Gasteiger partial charge in [0.2, 0.25) is 5.60 Å². The number of nitriles is 1. The summed E-state index contributed by atoms with van der Waals surface area (Å²) in [5, 5.41) is 15.5. The molecule has 0 saturated heterocycles. The first-order valence-corrected chi connectivity index (χ1v) is 15.5. The zero-order chi connectivity index (χ0) is 32.6. The molecule has 0 bridgehead atoms. The Labute approximate surface area is 253 Å². The van der Waals surface area contributed by atoms with Crippen LogP contribution in [0.1, 0.15) is 53.9 Å². The third kappa shape index (κ3) is 6.57. The SMILES string of the molecule is CCOc1nn(CC)cc1S(=O)(=O)N1c2cc(NC(=O)OC(C)(C)C(F)(F)F)ccc2O[C@@H](CCC(=O)[C@@H]2C[C@@H]2C#N)[C@H]1C. The largest absolute Gasteiger partial charge is 0.486 e. The highest BCUT2D eigenvalue weighted by Crippen LogP contribution is 2.44. The molecule has 0 radical (unpaired) electrons. The minimum atomic E-state index is -4.83. The van der Waals surface area contributed by atoms with Crippen molar-refractivity contribution in [3.8, 4) is 17.7 Å². The van der Waals surface area contributed by atoms with Gasteiger partial charge in [-0.3, -0.25) is 19.1 Å². The molecular formula is C28H34F3N5O7S. The van der Waals surface area contributed by atoms with E-state index in [1.54, 1.807) is 20.8 Å². The van der Waals surface area contributed by atoms with Gasteiger partial charge in [-0.25, -0.2) is 13.2 Å². The summed E-state index contributed by atoms with van der Waals surface area (Å²) in [6, 6.07) is 5.13. The van der Waals surface area contributed by atoms with Crippen LogP contribution in [0.5, 0.6) is 11.6 Å². The molecule has 2 aliphatic rings. The Balaban J connectivity index is 1.70. The molecule has 4 rings (SSSR count). The lowest BCUT2D eigenvalue weighted by Gasteiger charge is -2.41. The number of Topliss-reactive ketones (excluding diaryl/α,β-unsaturated/α-hetero) is 1. The van der Waals surface area contributed by atoms with Crippen LogP contribution in [0, 0.1) is 23.2 Å². The normalized spacial score (nSPS) is 21.5. The number of nitrogens with one attached hydrogen (secondary N) is 1. The zero-order valence-electron chi connectivity index (χ0n) is 24.8. The van der Waals surface area contributed by atoms with Crippen molar-refractivity contribution in [3.63, 3.8) is 0 Å². The molecule has 44 heavy (non-hydrogen) atoms. The number of amides is 1. The van der Waals surface area contributed by atoms with Crippen molar-refractivity contribution in [2.75, 3.05) is 16.2 Å². The predicted octanol–water partition coefficient (Wildman–Crippen LogP) is 5.04. The lowest BCUT2D eigenvalue weighted by atomic mass is 10.0. The van der Waals surface area contributed by atoms with Gasteiger partial charge in [-0.15, -0.1) is 5.10 Å². The monoisotopic (exact) mass is 641 g/mol. The van der Waals surface area contributed by atoms with Gasteiger partial charge >= 0.3 is 12.3 Å². The molecule has 1 amide bonds. The van der Waals surface area contributed by atoms with E-state index in [0.717, 1.165) is 4.31 Å². The van der Waals surface area contributed by atoms with Gasteiger partial charge in [-0.1, -0.05) is 0 Å². The summed E-state index contributed by atoms with van der Waals surface area (Å²) in [5.74, 6) is -0.771. The highest BCUT2D eigenvalue weighted by molar-refractivity contribution is 7.93. The molecule has 1 aliphatic heterocycles. The third-order valence-corrected chi connectivity index (χ3v) is 9.43. The van der Waals surface area contributed by atoms with Crippen molar-refractivity contribution in [3.05, 3.63) is 24.4 Å². The van der Waals surface area contributed by atoms with Crippen molar-refractivity contribution in [1.29, 1.82) is 5.26 Å². The number of carbonyl (C=O) groups excluding carboxylic acids is 2. The van der Waals surface area contributed by atoms with Gasteiger partial charge in [0.05, 0.1) is 30.3 Å². The zero-order valence-corrected chi connectivity index (χ0v) is 25.7. The quantitative estimate of drug-likeness (QED) is 0.355. The van der Waals surface area contributed by atoms with E-state index in [2.05, 4.69) is 21.2 Å². The second-order valence-corrected chi connectivity index (χ2v) is 12.9. The van der Waals surface area contributed by atoms with E-state index in [4.69, 9.17) is 14.7 Å². The number of halogens is 3. The predicted molar refractivity (Wildman–Crippen MR) is 151 cm³/mol. The van der Waals surface area contributed by atoms with E-state index < -0.39 is 40.0 Å². The van der Waals surface area contributed by atoms with Crippen LogP contribution < -0.4 is 19.1 Å². The number of ketones is 1. The van der Waals surface area contributed by atoms with Crippen LogP contribution in [0.2, 0.25) is 0 Å². The number of alkyl halides is 3. The summed E-state index contributed by atoms with van der Waals surface area (Å²) in [6.07, 6.45) is -4.96. The lowest BCUT2D eigenvalue weighted by molar-refractivity contribution is -0.242. The Bertz CT molecular complexity index is 1570. The van der Waals surface area contributed by atoms with Crippen LogP contribution in [-0.4, -0.2) is 60.6 Å². The van der Waals surface area contributed by atoms with Crippen LogP contribution in [0.25, 0.3) is 0 Å². The molecule has 240 valence electrons. The van der Waals surface area contributed by atoms with Crippen LogP contribution in [0.3, 0.4) is 0 Å². The Kier molecular flexibility index (Phi) is 9.11. The Morgan fingerprint density at radius 2 is 1.95 bits per heavy atom. The summed E-state index contributed by atoms with van der Waals surface area (Å²) in [6.45, 7) is 6.93. The second kappa shape index (κ2) is 12.2. The summed E-state index contributed by atoms with van der Waals surface area (Å²) in [4.78, 5) is 24.8. The molecule has 4 atom stereocenters. The van der Waals surface area contributed by atoms with E-state index in [1.807, 2.05) is 0 Å². The van der Waals surface area contributed by atoms with Crippen LogP contribution in [-0.2, 0) is 26.1 Å². The first-order valence-electron chi connectivity index (χ1n) is 14.1. The number of ether oxygens (including phenoxy) is 3. The van der Waals surface area contributed by atoms with Crippen molar-refractivity contribution in [2.24, 2.45) is 11.8 Å². The Morgan fingerprint density at radius 1 is 1.25 bits per heavy atom. The van der Waals surface area contributed by atoms with Crippen LogP contribution in [0.15, 0.2) is 29.3 Å². The molecule has 1 N–H and O–H groups in total. The maximum absolute atomic E-state index is 14.3. The minimum Gasteiger partial charge on any atom is -0.486 e. The number of anilines is 2. The molecule has 12 nitrogen and oxygen atoms in total. The number of aromatic nitrogens is 2. The number of benzene rings is 1. The van der Waals surface area contributed by atoms with Crippen molar-refractivity contribution >= 4 is 33.3 Å².